The molecule has 0 aliphatic heterocycles. The van der Waals surface area contributed by atoms with Crippen molar-refractivity contribution in [3.05, 3.63) is 255 Å². The fourth-order valence-corrected chi connectivity index (χ4v) is 9.64. The zero-order valence-corrected chi connectivity index (χ0v) is 36.5. The summed E-state index contributed by atoms with van der Waals surface area (Å²) in [6, 6.07) is 90.4. The highest BCUT2D eigenvalue weighted by atomic mass is 15.0. The minimum absolute atomic E-state index is 0.621. The molecule has 2 aromatic heterocycles. The first-order chi connectivity index (χ1) is 33.3. The average molecular weight is 855 g/mol. The van der Waals surface area contributed by atoms with E-state index in [0.29, 0.717) is 17.5 Å². The summed E-state index contributed by atoms with van der Waals surface area (Å²) in [7, 11) is 0. The molecule has 0 radical (unpaired) electrons. The van der Waals surface area contributed by atoms with Gasteiger partial charge in [-0.15, -0.1) is 0 Å². The van der Waals surface area contributed by atoms with Crippen LogP contribution in [0.3, 0.4) is 0 Å². The van der Waals surface area contributed by atoms with Crippen LogP contribution in [0, 0.1) is 0 Å². The molecule has 0 unspecified atom stereocenters. The number of benzene rings is 10. The van der Waals surface area contributed by atoms with Crippen LogP contribution in [0.5, 0.6) is 0 Å². The van der Waals surface area contributed by atoms with Crippen molar-refractivity contribution in [2.24, 2.45) is 0 Å². The fraction of sp³-hybridized carbons (Fsp3) is 0. The molecule has 12 aromatic rings. The third-order valence-electron chi connectivity index (χ3n) is 12.6. The van der Waals surface area contributed by atoms with Crippen molar-refractivity contribution < 1.29 is 0 Å². The summed E-state index contributed by atoms with van der Waals surface area (Å²) in [5, 5.41) is 2.35. The van der Waals surface area contributed by atoms with E-state index in [2.05, 4.69) is 199 Å². The number of hydrogen-bond acceptors (Lipinski definition) is 3. The van der Waals surface area contributed by atoms with E-state index in [1.165, 1.54) is 27.6 Å². The molecule has 0 N–H and O–H groups in total. The standard InChI is InChI=1S/C63H42N4/c1-8-23-43(24-9-1)55-56(44-25-10-2-11-26-44)58(46-29-14-4-15-30-46)60-59(57(55)45-27-12-3-13-28-45)53-42-50(39-40-54(53)67(60)52-37-20-7-21-38-52)49-35-22-36-51(41-49)63-65-61(47-31-16-5-17-32-47)64-62(66-63)48-33-18-6-19-34-48/h1-42H. The van der Waals surface area contributed by atoms with Crippen LogP contribution in [-0.4, -0.2) is 19.5 Å². The maximum absolute atomic E-state index is 5.09. The number of nitrogens with zero attached hydrogens (tertiary/aromatic N) is 4. The number of para-hydroxylation sites is 1. The number of fused-ring (bicyclic) bond motifs is 3. The molecule has 0 saturated heterocycles. The number of aromatic nitrogens is 4. The molecular formula is C63H42N4. The van der Waals surface area contributed by atoms with Crippen LogP contribution in [0.15, 0.2) is 255 Å². The van der Waals surface area contributed by atoms with E-state index in [-0.39, 0.29) is 0 Å². The third-order valence-corrected chi connectivity index (χ3v) is 12.6. The lowest BCUT2D eigenvalue weighted by molar-refractivity contribution is 1.07. The van der Waals surface area contributed by atoms with Crippen LogP contribution in [0.2, 0.25) is 0 Å². The average Bonchev–Trinajstić information content (AvgIpc) is 3.76. The van der Waals surface area contributed by atoms with E-state index in [1.54, 1.807) is 0 Å². The first-order valence-electron chi connectivity index (χ1n) is 22.7. The molecule has 0 atom stereocenters. The fourth-order valence-electron chi connectivity index (χ4n) is 9.64. The van der Waals surface area contributed by atoms with E-state index in [0.717, 1.165) is 72.2 Å². The minimum Gasteiger partial charge on any atom is -0.309 e. The van der Waals surface area contributed by atoms with Gasteiger partial charge in [0.2, 0.25) is 0 Å². The maximum Gasteiger partial charge on any atom is 0.164 e. The molecule has 0 bridgehead atoms. The minimum atomic E-state index is 0.621. The quantitative estimate of drug-likeness (QED) is 0.145. The topological polar surface area (TPSA) is 43.6 Å². The number of rotatable bonds is 9. The number of hydrogen-bond donors (Lipinski definition) is 0. The van der Waals surface area contributed by atoms with Crippen LogP contribution in [-0.2, 0) is 0 Å². The molecule has 0 aliphatic rings. The van der Waals surface area contributed by atoms with Crippen LogP contribution in [0.25, 0.3) is 117 Å². The van der Waals surface area contributed by atoms with E-state index in [9.17, 15) is 0 Å². The Balaban J connectivity index is 1.18. The first kappa shape index (κ1) is 39.6. The highest BCUT2D eigenvalue weighted by molar-refractivity contribution is 6.26. The van der Waals surface area contributed by atoms with E-state index in [4.69, 9.17) is 15.0 Å². The van der Waals surface area contributed by atoms with Crippen molar-refractivity contribution in [3.8, 4) is 95.5 Å². The van der Waals surface area contributed by atoms with Crippen LogP contribution in [0.4, 0.5) is 0 Å². The Kier molecular flexibility index (Phi) is 10.2. The van der Waals surface area contributed by atoms with E-state index < -0.39 is 0 Å². The second-order valence-electron chi connectivity index (χ2n) is 16.7. The van der Waals surface area contributed by atoms with Gasteiger partial charge in [0, 0.05) is 49.8 Å². The molecule has 0 amide bonds. The molecule has 0 spiro atoms. The first-order valence-corrected chi connectivity index (χ1v) is 22.7. The predicted octanol–water partition coefficient (Wildman–Crippen LogP) is 16.3. The summed E-state index contributed by atoms with van der Waals surface area (Å²) in [6.45, 7) is 0. The van der Waals surface area contributed by atoms with Crippen LogP contribution >= 0.6 is 0 Å². The van der Waals surface area contributed by atoms with Crippen LogP contribution < -0.4 is 0 Å². The Hall–Kier alpha value is -8.99. The monoisotopic (exact) mass is 854 g/mol. The molecule has 4 nitrogen and oxygen atoms in total. The van der Waals surface area contributed by atoms with Crippen molar-refractivity contribution >= 4 is 21.8 Å². The highest BCUT2D eigenvalue weighted by Gasteiger charge is 2.29. The second-order valence-corrected chi connectivity index (χ2v) is 16.7. The van der Waals surface area contributed by atoms with E-state index >= 15 is 0 Å². The summed E-state index contributed by atoms with van der Waals surface area (Å²) >= 11 is 0. The van der Waals surface area contributed by atoms with Gasteiger partial charge in [-0.1, -0.05) is 224 Å². The molecule has 0 fully saturated rings. The predicted molar refractivity (Wildman–Crippen MR) is 278 cm³/mol. The zero-order chi connectivity index (χ0) is 44.5. The van der Waals surface area contributed by atoms with Crippen LogP contribution in [0.1, 0.15) is 0 Å². The molecule has 0 aliphatic carbocycles. The van der Waals surface area contributed by atoms with Gasteiger partial charge < -0.3 is 4.57 Å². The Bertz CT molecular complexity index is 3630. The van der Waals surface area contributed by atoms with Gasteiger partial charge in [0.1, 0.15) is 0 Å². The molecule has 314 valence electrons. The van der Waals surface area contributed by atoms with Crippen molar-refractivity contribution in [2.75, 3.05) is 0 Å². The van der Waals surface area contributed by atoms with Crippen molar-refractivity contribution in [3.63, 3.8) is 0 Å². The molecule has 10 aromatic carbocycles. The normalized spacial score (nSPS) is 11.3. The maximum atomic E-state index is 5.09. The molecule has 4 heteroatoms. The lowest BCUT2D eigenvalue weighted by Crippen LogP contribution is -2.00. The summed E-state index contributed by atoms with van der Waals surface area (Å²) in [5.74, 6) is 1.89. The Morgan fingerprint density at radius 1 is 0.254 bits per heavy atom. The van der Waals surface area contributed by atoms with Gasteiger partial charge in [0.25, 0.3) is 0 Å². The van der Waals surface area contributed by atoms with Gasteiger partial charge in [-0.2, -0.15) is 0 Å². The van der Waals surface area contributed by atoms with Crippen molar-refractivity contribution in [1.82, 2.24) is 19.5 Å². The molecule has 12 rings (SSSR count). The molecular weight excluding hydrogens is 813 g/mol. The zero-order valence-electron chi connectivity index (χ0n) is 36.5. The smallest absolute Gasteiger partial charge is 0.164 e. The Labute approximate surface area is 389 Å². The van der Waals surface area contributed by atoms with Gasteiger partial charge in [-0.25, -0.2) is 15.0 Å². The summed E-state index contributed by atoms with van der Waals surface area (Å²) in [4.78, 5) is 15.1. The molecule has 67 heavy (non-hydrogen) atoms. The van der Waals surface area contributed by atoms with Gasteiger partial charge in [-0.3, -0.25) is 0 Å². The second kappa shape index (κ2) is 17.2. The highest BCUT2D eigenvalue weighted by Crippen LogP contribution is 2.54. The van der Waals surface area contributed by atoms with Crippen molar-refractivity contribution in [1.29, 1.82) is 0 Å². The Morgan fingerprint density at radius 3 is 1.10 bits per heavy atom. The van der Waals surface area contributed by atoms with Gasteiger partial charge in [0.15, 0.2) is 17.5 Å². The SMILES string of the molecule is c1ccc(-c2nc(-c3ccccc3)nc(-c3cccc(-c4ccc5c(c4)c4c(-c6ccccc6)c(-c6ccccc6)c(-c6ccccc6)c(-c6ccccc6)c4n5-c4ccccc4)c3)n2)cc1. The summed E-state index contributed by atoms with van der Waals surface area (Å²) in [6.07, 6.45) is 0. The third kappa shape index (κ3) is 7.27. The summed E-state index contributed by atoms with van der Waals surface area (Å²) < 4.78 is 2.49. The summed E-state index contributed by atoms with van der Waals surface area (Å²) in [5.41, 5.74) is 17.7. The molecule has 0 saturated carbocycles. The molecule has 2 heterocycles. The van der Waals surface area contributed by atoms with Crippen molar-refractivity contribution in [2.45, 2.75) is 0 Å². The van der Waals surface area contributed by atoms with Gasteiger partial charge >= 0.3 is 0 Å². The Morgan fingerprint density at radius 2 is 0.612 bits per heavy atom. The lowest BCUT2D eigenvalue weighted by Gasteiger charge is -2.24. The lowest BCUT2D eigenvalue weighted by atomic mass is 9.80. The largest absolute Gasteiger partial charge is 0.309 e. The van der Waals surface area contributed by atoms with Gasteiger partial charge in [0.05, 0.1) is 11.0 Å². The van der Waals surface area contributed by atoms with Gasteiger partial charge in [-0.05, 0) is 69.3 Å². The van der Waals surface area contributed by atoms with E-state index in [1.807, 2.05) is 60.7 Å².